The summed E-state index contributed by atoms with van der Waals surface area (Å²) >= 11 is 6.24. The summed E-state index contributed by atoms with van der Waals surface area (Å²) in [6, 6.07) is 10.5. The molecule has 190 valence electrons. The number of hydrogen-bond acceptors (Lipinski definition) is 6. The first kappa shape index (κ1) is 24.7. The van der Waals surface area contributed by atoms with Gasteiger partial charge in [-0.15, -0.1) is 0 Å². The van der Waals surface area contributed by atoms with Crippen LogP contribution < -0.4 is 16.4 Å². The molecule has 10 heteroatoms. The van der Waals surface area contributed by atoms with Crippen molar-refractivity contribution in [3.05, 3.63) is 85.8 Å². The molecular weight excluding hydrogens is 492 g/mol. The van der Waals surface area contributed by atoms with Crippen LogP contribution in [0, 0.1) is 6.92 Å². The Hall–Kier alpha value is -3.95. The van der Waals surface area contributed by atoms with Gasteiger partial charge in [-0.1, -0.05) is 17.7 Å². The number of aryl methyl sites for hydroxylation is 3. The van der Waals surface area contributed by atoms with Gasteiger partial charge in [-0.3, -0.25) is 14.2 Å². The van der Waals surface area contributed by atoms with Crippen LogP contribution in [0.1, 0.15) is 24.1 Å². The molecule has 1 aromatic carbocycles. The Morgan fingerprint density at radius 2 is 1.89 bits per heavy atom. The minimum absolute atomic E-state index is 0.0842. The number of aliphatic hydroxyl groups is 1. The fraction of sp³-hybridized carbons (Fsp3) is 0.259. The Bertz CT molecular complexity index is 1790. The third-order valence-corrected chi connectivity index (χ3v) is 6.83. The van der Waals surface area contributed by atoms with Gasteiger partial charge < -0.3 is 15.0 Å². The Kier molecular flexibility index (Phi) is 6.35. The summed E-state index contributed by atoms with van der Waals surface area (Å²) in [6.45, 7) is 4.19. The number of pyridine rings is 3. The monoisotopic (exact) mass is 518 g/mol. The highest BCUT2D eigenvalue weighted by molar-refractivity contribution is 6.29. The van der Waals surface area contributed by atoms with Gasteiger partial charge in [-0.2, -0.15) is 5.10 Å². The SMILES string of the molecule is Cc1cc(C(C)Nc2ccc(Cl)nc2-c2ccc(=O)n(C)c2)c2c(c1)c(=O)n(C)c1c2cnn1CCO. The molecule has 4 aromatic heterocycles. The molecule has 5 aromatic rings. The van der Waals surface area contributed by atoms with Crippen LogP contribution in [0.3, 0.4) is 0 Å². The van der Waals surface area contributed by atoms with Gasteiger partial charge >= 0.3 is 0 Å². The van der Waals surface area contributed by atoms with Crippen LogP contribution in [0.25, 0.3) is 33.1 Å². The highest BCUT2D eigenvalue weighted by Crippen LogP contribution is 2.35. The molecule has 0 aliphatic heterocycles. The Balaban J connectivity index is 1.69. The van der Waals surface area contributed by atoms with E-state index in [1.165, 1.54) is 10.6 Å². The molecule has 5 rings (SSSR count). The molecule has 4 heterocycles. The third-order valence-electron chi connectivity index (χ3n) is 6.62. The summed E-state index contributed by atoms with van der Waals surface area (Å²) in [6.07, 6.45) is 3.47. The average Bonchev–Trinajstić information content (AvgIpc) is 3.28. The lowest BCUT2D eigenvalue weighted by Gasteiger charge is -2.21. The quantitative estimate of drug-likeness (QED) is 0.331. The molecule has 2 N–H and O–H groups in total. The minimum atomic E-state index is -0.229. The lowest BCUT2D eigenvalue weighted by molar-refractivity contribution is 0.271. The summed E-state index contributed by atoms with van der Waals surface area (Å²) in [7, 11) is 3.41. The van der Waals surface area contributed by atoms with Crippen LogP contribution >= 0.6 is 11.6 Å². The number of rotatable bonds is 6. The zero-order valence-corrected chi connectivity index (χ0v) is 21.7. The second-order valence-corrected chi connectivity index (χ2v) is 9.62. The summed E-state index contributed by atoms with van der Waals surface area (Å²) in [5.41, 5.74) is 4.40. The average molecular weight is 519 g/mol. The molecule has 1 unspecified atom stereocenters. The normalized spacial score (nSPS) is 12.4. The Labute approximate surface area is 217 Å². The summed E-state index contributed by atoms with van der Waals surface area (Å²) < 4.78 is 4.73. The maximum atomic E-state index is 13.4. The molecule has 0 aliphatic carbocycles. The summed E-state index contributed by atoms with van der Waals surface area (Å²) in [4.78, 5) is 29.9. The number of halogens is 1. The van der Waals surface area contributed by atoms with Gasteiger partial charge in [0.15, 0.2) is 0 Å². The maximum Gasteiger partial charge on any atom is 0.259 e. The van der Waals surface area contributed by atoms with Crippen LogP contribution in [-0.2, 0) is 20.6 Å². The summed E-state index contributed by atoms with van der Waals surface area (Å²) in [5.74, 6) is 0. The van der Waals surface area contributed by atoms with E-state index in [2.05, 4.69) is 21.5 Å². The largest absolute Gasteiger partial charge is 0.394 e. The van der Waals surface area contributed by atoms with E-state index in [1.807, 2.05) is 26.0 Å². The second kappa shape index (κ2) is 9.49. The van der Waals surface area contributed by atoms with E-state index in [0.29, 0.717) is 21.9 Å². The van der Waals surface area contributed by atoms with E-state index in [4.69, 9.17) is 11.6 Å². The number of nitrogens with one attached hydrogen (secondary N) is 1. The zero-order chi connectivity index (χ0) is 26.4. The number of benzene rings is 1. The molecule has 1 atom stereocenters. The molecule has 0 saturated carbocycles. The van der Waals surface area contributed by atoms with Crippen molar-refractivity contribution < 1.29 is 5.11 Å². The minimum Gasteiger partial charge on any atom is -0.394 e. The van der Waals surface area contributed by atoms with Crippen LogP contribution in [-0.4, -0.2) is 35.6 Å². The van der Waals surface area contributed by atoms with E-state index < -0.39 is 0 Å². The van der Waals surface area contributed by atoms with Crippen molar-refractivity contribution in [3.8, 4) is 11.3 Å². The van der Waals surface area contributed by atoms with Crippen molar-refractivity contribution in [2.75, 3.05) is 11.9 Å². The molecule has 0 fully saturated rings. The van der Waals surface area contributed by atoms with E-state index in [1.54, 1.807) is 47.9 Å². The number of anilines is 1. The fourth-order valence-electron chi connectivity index (χ4n) is 4.89. The van der Waals surface area contributed by atoms with Crippen molar-refractivity contribution >= 4 is 39.1 Å². The standard InChI is InChI=1S/C27H27ClN6O3/c1-15-11-18(24-19(12-15)27(37)33(4)26-20(24)13-29-34(26)9-10-35)16(2)30-21-6-7-22(28)31-25(21)17-5-8-23(36)32(3)14-17/h5-8,11-14,16,30,35H,9-10H2,1-4H3. The second-order valence-electron chi connectivity index (χ2n) is 9.23. The van der Waals surface area contributed by atoms with Crippen molar-refractivity contribution in [1.82, 2.24) is 23.9 Å². The van der Waals surface area contributed by atoms with E-state index >= 15 is 0 Å². The van der Waals surface area contributed by atoms with E-state index in [0.717, 1.165) is 33.2 Å². The third kappa shape index (κ3) is 4.30. The van der Waals surface area contributed by atoms with Crippen LogP contribution in [0.5, 0.6) is 0 Å². The summed E-state index contributed by atoms with van der Waals surface area (Å²) in [5, 5.41) is 20.1. The van der Waals surface area contributed by atoms with Gasteiger partial charge in [0.2, 0.25) is 5.56 Å². The first-order valence-electron chi connectivity index (χ1n) is 11.9. The van der Waals surface area contributed by atoms with Crippen molar-refractivity contribution in [1.29, 1.82) is 0 Å². The lowest BCUT2D eigenvalue weighted by Crippen LogP contribution is -2.21. The predicted octanol–water partition coefficient (Wildman–Crippen LogP) is 3.78. The smallest absolute Gasteiger partial charge is 0.259 e. The molecule has 0 radical (unpaired) electrons. The Morgan fingerprint density at radius 1 is 1.11 bits per heavy atom. The number of hydrogen-bond donors (Lipinski definition) is 2. The van der Waals surface area contributed by atoms with E-state index in [-0.39, 0.29) is 30.3 Å². The molecule has 0 bridgehead atoms. The lowest BCUT2D eigenvalue weighted by atomic mass is 9.95. The van der Waals surface area contributed by atoms with Gasteiger partial charge in [-0.25, -0.2) is 9.67 Å². The molecule has 0 spiro atoms. The number of aliphatic hydroxyl groups excluding tert-OH is 1. The van der Waals surface area contributed by atoms with Crippen molar-refractivity contribution in [2.45, 2.75) is 26.4 Å². The van der Waals surface area contributed by atoms with Crippen molar-refractivity contribution in [3.63, 3.8) is 0 Å². The van der Waals surface area contributed by atoms with Gasteiger partial charge in [0.05, 0.1) is 30.7 Å². The first-order valence-corrected chi connectivity index (χ1v) is 12.3. The van der Waals surface area contributed by atoms with Gasteiger partial charge in [-0.05, 0) is 49.2 Å². The predicted molar refractivity (Wildman–Crippen MR) is 146 cm³/mol. The molecule has 0 amide bonds. The number of fused-ring (bicyclic) bond motifs is 3. The highest BCUT2D eigenvalue weighted by Gasteiger charge is 2.21. The van der Waals surface area contributed by atoms with Crippen LogP contribution in [0.15, 0.2) is 58.4 Å². The van der Waals surface area contributed by atoms with Gasteiger partial charge in [0.25, 0.3) is 5.56 Å². The van der Waals surface area contributed by atoms with Crippen molar-refractivity contribution in [2.24, 2.45) is 14.1 Å². The van der Waals surface area contributed by atoms with E-state index in [9.17, 15) is 14.7 Å². The highest BCUT2D eigenvalue weighted by atomic mass is 35.5. The zero-order valence-electron chi connectivity index (χ0n) is 21.0. The fourth-order valence-corrected chi connectivity index (χ4v) is 5.03. The molecule has 9 nitrogen and oxygen atoms in total. The topological polar surface area (TPSA) is 107 Å². The first-order chi connectivity index (χ1) is 17.7. The van der Waals surface area contributed by atoms with Gasteiger partial charge in [0.1, 0.15) is 10.8 Å². The molecule has 0 aliphatic rings. The van der Waals surface area contributed by atoms with Crippen LogP contribution in [0.2, 0.25) is 5.15 Å². The maximum absolute atomic E-state index is 13.4. The molecule has 0 saturated heterocycles. The molecule has 37 heavy (non-hydrogen) atoms. The number of nitrogens with zero attached hydrogens (tertiary/aromatic N) is 5. The van der Waals surface area contributed by atoms with Gasteiger partial charge in [0, 0.05) is 54.1 Å². The molecular formula is C27H27ClN6O3. The Morgan fingerprint density at radius 3 is 2.62 bits per heavy atom. The van der Waals surface area contributed by atoms with Crippen LogP contribution in [0.4, 0.5) is 5.69 Å². The number of aromatic nitrogens is 5.